The Hall–Kier alpha value is -1.77. The van der Waals surface area contributed by atoms with E-state index in [0.717, 1.165) is 12.8 Å². The molecule has 1 aliphatic carbocycles. The first-order valence-electron chi connectivity index (χ1n) is 10.0. The molecule has 1 saturated carbocycles. The normalized spacial score (nSPS) is 25.3. The Kier molecular flexibility index (Phi) is 5.69. The molecule has 2 aromatic rings. The van der Waals surface area contributed by atoms with E-state index >= 15 is 0 Å². The second-order valence-electron chi connectivity index (χ2n) is 7.90. The van der Waals surface area contributed by atoms with E-state index in [1.54, 1.807) is 30.3 Å². The van der Waals surface area contributed by atoms with Gasteiger partial charge in [-0.1, -0.05) is 76.4 Å². The summed E-state index contributed by atoms with van der Waals surface area (Å²) in [6, 6.07) is 8.64. The van der Waals surface area contributed by atoms with Crippen LogP contribution in [0.15, 0.2) is 40.9 Å². The third kappa shape index (κ3) is 3.32. The monoisotopic (exact) mass is 544 g/mol. The zero-order valence-electron chi connectivity index (χ0n) is 16.8. The Morgan fingerprint density at radius 2 is 1.52 bits per heavy atom. The molecule has 2 unspecified atom stereocenters. The molecule has 0 radical (unpaired) electrons. The molecular weight excluding hydrogens is 530 g/mol. The number of ether oxygens (including phenoxy) is 2. The van der Waals surface area contributed by atoms with Crippen molar-refractivity contribution in [3.8, 4) is 11.5 Å². The van der Waals surface area contributed by atoms with Crippen LogP contribution in [0.4, 0.5) is 0 Å². The van der Waals surface area contributed by atoms with E-state index < -0.39 is 16.4 Å². The molecule has 6 nitrogen and oxygen atoms in total. The summed E-state index contributed by atoms with van der Waals surface area (Å²) in [5.74, 6) is -0.896. The molecule has 5 rings (SSSR count). The zero-order chi connectivity index (χ0) is 23.5. The number of fused-ring (bicyclic) bond motifs is 1. The second-order valence-corrected chi connectivity index (χ2v) is 10.7. The predicted molar refractivity (Wildman–Crippen MR) is 129 cm³/mol. The Bertz CT molecular complexity index is 1240. The zero-order valence-corrected chi connectivity index (χ0v) is 20.7. The van der Waals surface area contributed by atoms with Crippen LogP contribution in [-0.2, 0) is 4.79 Å². The van der Waals surface area contributed by atoms with Crippen LogP contribution in [-0.4, -0.2) is 22.3 Å². The standard InChI is InChI=1S/C22H16Cl4N2O4S/c23-12-13(24)15(26)17-16(14(12)25)31-21-8-4-5-9-22(21,32-17)33-20(11(21)18(27)29)28-19(30)10-6-2-1-3-7-10/h1-3,6-7H,4-5,8-9H2,(H2,27,29)(H,28,30). The number of carbonyl (C=O) groups is 2. The van der Waals surface area contributed by atoms with Crippen molar-refractivity contribution in [2.75, 3.05) is 0 Å². The smallest absolute Gasteiger partial charge is 0.256 e. The average molecular weight is 546 g/mol. The van der Waals surface area contributed by atoms with Gasteiger partial charge < -0.3 is 20.5 Å². The summed E-state index contributed by atoms with van der Waals surface area (Å²) in [7, 11) is 0. The lowest BCUT2D eigenvalue weighted by molar-refractivity contribution is -0.123. The Morgan fingerprint density at radius 1 is 0.909 bits per heavy atom. The van der Waals surface area contributed by atoms with Crippen molar-refractivity contribution >= 4 is 70.0 Å². The average Bonchev–Trinajstić information content (AvgIpc) is 3.10. The van der Waals surface area contributed by atoms with Gasteiger partial charge in [0.25, 0.3) is 11.8 Å². The highest BCUT2D eigenvalue weighted by Crippen LogP contribution is 2.66. The van der Waals surface area contributed by atoms with E-state index in [2.05, 4.69) is 5.32 Å². The van der Waals surface area contributed by atoms with E-state index in [0.29, 0.717) is 18.4 Å². The van der Waals surface area contributed by atoms with Gasteiger partial charge in [-0.2, -0.15) is 0 Å². The first kappa shape index (κ1) is 23.0. The molecule has 3 N–H and O–H groups in total. The summed E-state index contributed by atoms with van der Waals surface area (Å²) in [5, 5.41) is 3.23. The highest BCUT2D eigenvalue weighted by Gasteiger charge is 2.69. The van der Waals surface area contributed by atoms with Crippen LogP contribution in [0.5, 0.6) is 11.5 Å². The molecule has 0 bridgehead atoms. The number of thioether (sulfide) groups is 1. The highest BCUT2D eigenvalue weighted by atomic mass is 35.5. The van der Waals surface area contributed by atoms with Crippen LogP contribution in [0, 0.1) is 0 Å². The van der Waals surface area contributed by atoms with E-state index in [9.17, 15) is 9.59 Å². The van der Waals surface area contributed by atoms with Gasteiger partial charge in [-0.25, -0.2) is 0 Å². The number of halogens is 4. The summed E-state index contributed by atoms with van der Waals surface area (Å²) in [6.45, 7) is 0. The highest BCUT2D eigenvalue weighted by molar-refractivity contribution is 8.04. The molecule has 1 fully saturated rings. The van der Waals surface area contributed by atoms with Gasteiger partial charge in [0.2, 0.25) is 4.93 Å². The lowest BCUT2D eigenvalue weighted by Gasteiger charge is -2.51. The van der Waals surface area contributed by atoms with E-state index in [1.807, 2.05) is 0 Å². The van der Waals surface area contributed by atoms with Crippen molar-refractivity contribution in [3.05, 3.63) is 66.6 Å². The maximum absolute atomic E-state index is 12.9. The molecule has 2 aromatic carbocycles. The number of rotatable bonds is 3. The molecule has 172 valence electrons. The quantitative estimate of drug-likeness (QED) is 0.367. The number of carbonyl (C=O) groups excluding carboxylic acids is 2. The van der Waals surface area contributed by atoms with E-state index in [1.165, 1.54) is 11.8 Å². The molecule has 0 aromatic heterocycles. The van der Waals surface area contributed by atoms with Crippen molar-refractivity contribution < 1.29 is 19.1 Å². The van der Waals surface area contributed by atoms with Gasteiger partial charge in [0.05, 0.1) is 20.6 Å². The van der Waals surface area contributed by atoms with Crippen molar-refractivity contribution in [2.45, 2.75) is 36.2 Å². The van der Waals surface area contributed by atoms with Crippen LogP contribution in [0.1, 0.15) is 36.0 Å². The molecule has 2 atom stereocenters. The van der Waals surface area contributed by atoms with Crippen LogP contribution < -0.4 is 20.5 Å². The topological polar surface area (TPSA) is 90.7 Å². The van der Waals surface area contributed by atoms with Crippen molar-refractivity contribution in [1.82, 2.24) is 5.32 Å². The minimum atomic E-state index is -1.29. The van der Waals surface area contributed by atoms with Crippen LogP contribution in [0.3, 0.4) is 0 Å². The molecule has 0 spiro atoms. The van der Waals surface area contributed by atoms with Crippen LogP contribution in [0.25, 0.3) is 0 Å². The lowest BCUT2D eigenvalue weighted by atomic mass is 9.75. The summed E-state index contributed by atoms with van der Waals surface area (Å²) < 4.78 is 12.9. The van der Waals surface area contributed by atoms with Gasteiger partial charge >= 0.3 is 0 Å². The Morgan fingerprint density at radius 3 is 2.15 bits per heavy atom. The van der Waals surface area contributed by atoms with Gasteiger partial charge in [0, 0.05) is 12.0 Å². The molecule has 2 amide bonds. The van der Waals surface area contributed by atoms with Crippen LogP contribution >= 0.6 is 58.2 Å². The van der Waals surface area contributed by atoms with Gasteiger partial charge in [-0.05, 0) is 31.4 Å². The number of hydrogen-bond acceptors (Lipinski definition) is 5. The first-order chi connectivity index (χ1) is 15.7. The van der Waals surface area contributed by atoms with E-state index in [4.69, 9.17) is 61.6 Å². The van der Waals surface area contributed by atoms with Crippen LogP contribution in [0.2, 0.25) is 20.1 Å². The fourth-order valence-corrected chi connectivity index (χ4v) is 7.10. The molecular formula is C22H16Cl4N2O4S. The molecule has 2 heterocycles. The van der Waals surface area contributed by atoms with Gasteiger partial charge in [0.1, 0.15) is 10.0 Å². The number of nitrogens with one attached hydrogen (secondary N) is 1. The second kappa shape index (κ2) is 8.17. The molecule has 3 aliphatic rings. The number of hydrogen-bond donors (Lipinski definition) is 2. The lowest BCUT2D eigenvalue weighted by Crippen LogP contribution is -2.63. The van der Waals surface area contributed by atoms with E-state index in [-0.39, 0.29) is 48.1 Å². The van der Waals surface area contributed by atoms with Gasteiger partial charge in [-0.15, -0.1) is 0 Å². The minimum absolute atomic E-state index is 0.0123. The summed E-state index contributed by atoms with van der Waals surface area (Å²) >= 11 is 26.6. The fraction of sp³-hybridized carbons (Fsp3) is 0.273. The fourth-order valence-electron chi connectivity index (χ4n) is 4.58. The van der Waals surface area contributed by atoms with Crippen molar-refractivity contribution in [1.29, 1.82) is 0 Å². The summed E-state index contributed by atoms with van der Waals surface area (Å²) in [4.78, 5) is 24.6. The summed E-state index contributed by atoms with van der Waals surface area (Å²) in [6.07, 6.45) is 2.46. The Labute approximate surface area is 213 Å². The number of primary amides is 1. The number of nitrogens with two attached hydrogens (primary N) is 1. The molecule has 11 heteroatoms. The minimum Gasteiger partial charge on any atom is -0.471 e. The van der Waals surface area contributed by atoms with Crippen molar-refractivity contribution in [2.24, 2.45) is 5.73 Å². The molecule has 2 aliphatic heterocycles. The van der Waals surface area contributed by atoms with Gasteiger partial charge in [0.15, 0.2) is 17.1 Å². The SMILES string of the molecule is NC(=O)C1=C(NC(=O)c2ccccc2)SC23CCCCC12Oc1c(Cl)c(Cl)c(Cl)c(Cl)c1O3. The molecule has 0 saturated heterocycles. The van der Waals surface area contributed by atoms with Crippen molar-refractivity contribution in [3.63, 3.8) is 0 Å². The third-order valence-electron chi connectivity index (χ3n) is 6.03. The number of amides is 2. The largest absolute Gasteiger partial charge is 0.471 e. The maximum atomic E-state index is 12.9. The van der Waals surface area contributed by atoms with Gasteiger partial charge in [-0.3, -0.25) is 9.59 Å². The third-order valence-corrected chi connectivity index (χ3v) is 9.26. The number of benzene rings is 2. The summed E-state index contributed by atoms with van der Waals surface area (Å²) in [5.41, 5.74) is 5.11. The maximum Gasteiger partial charge on any atom is 0.256 e. The molecule has 33 heavy (non-hydrogen) atoms. The predicted octanol–water partition coefficient (Wildman–Crippen LogP) is 5.95. The Balaban J connectivity index is 1.66. The first-order valence-corrected chi connectivity index (χ1v) is 12.4.